The lowest BCUT2D eigenvalue weighted by Crippen LogP contribution is -2.22. The summed E-state index contributed by atoms with van der Waals surface area (Å²) < 4.78 is 28.9. The van der Waals surface area contributed by atoms with Gasteiger partial charge in [0.25, 0.3) is 5.91 Å². The second kappa shape index (κ2) is 8.82. The number of aromatic nitrogens is 5. The van der Waals surface area contributed by atoms with E-state index < -0.39 is 18.8 Å². The molecule has 0 spiro atoms. The van der Waals surface area contributed by atoms with Gasteiger partial charge >= 0.3 is 0 Å². The first-order valence-corrected chi connectivity index (χ1v) is 8.55. The van der Waals surface area contributed by atoms with Gasteiger partial charge < -0.3 is 20.7 Å². The fraction of sp³-hybridized carbons (Fsp3) is 0.158. The molecule has 0 fully saturated rings. The van der Waals surface area contributed by atoms with Gasteiger partial charge in [0, 0.05) is 24.2 Å². The highest BCUT2D eigenvalue weighted by Crippen LogP contribution is 2.37. The maximum Gasteiger partial charge on any atom is 0.273 e. The molecule has 3 aromatic rings. The quantitative estimate of drug-likeness (QED) is 0.498. The highest BCUT2D eigenvalue weighted by atomic mass is 16.5. The van der Waals surface area contributed by atoms with E-state index in [1.54, 1.807) is 25.2 Å². The number of carbonyl (C=O) groups is 2. The van der Waals surface area contributed by atoms with E-state index in [0.29, 0.717) is 22.8 Å². The highest BCUT2D eigenvalue weighted by molar-refractivity contribution is 6.01. The van der Waals surface area contributed by atoms with E-state index in [0.717, 1.165) is 6.08 Å². The average Bonchev–Trinajstić information content (AvgIpc) is 3.18. The zero-order valence-corrected chi connectivity index (χ0v) is 16.1. The molecule has 0 radical (unpaired) electrons. The molecule has 0 aliphatic heterocycles. The van der Waals surface area contributed by atoms with Crippen LogP contribution in [0.15, 0.2) is 43.2 Å². The number of ether oxygens (including phenoxy) is 1. The van der Waals surface area contributed by atoms with E-state index in [1.165, 1.54) is 24.2 Å². The summed E-state index contributed by atoms with van der Waals surface area (Å²) in [5.41, 5.74) is 0.722. The third-order valence-corrected chi connectivity index (χ3v) is 3.89. The monoisotopic (exact) mass is 411 g/mol. The Labute approximate surface area is 176 Å². The second-order valence-corrected chi connectivity index (χ2v) is 5.89. The Balaban J connectivity index is 2.06. The van der Waals surface area contributed by atoms with E-state index in [1.807, 2.05) is 5.32 Å². The number of para-hydroxylation sites is 1. The number of anilines is 3. The SMILES string of the molecule is [2H]C([2H])([2H])NC(=O)c1nnc(NC(=O)C=C)cc1Nc1cccc(-c2ncn(C)n2)c1OC. The van der Waals surface area contributed by atoms with Crippen LogP contribution >= 0.6 is 0 Å². The minimum absolute atomic E-state index is 0.00866. The van der Waals surface area contributed by atoms with E-state index >= 15 is 0 Å². The first-order valence-electron chi connectivity index (χ1n) is 10.0. The number of hydrogen-bond donors (Lipinski definition) is 3. The number of benzene rings is 1. The predicted octanol–water partition coefficient (Wildman–Crippen LogP) is 1.51. The molecule has 154 valence electrons. The maximum atomic E-state index is 12.5. The van der Waals surface area contributed by atoms with Crippen molar-refractivity contribution >= 4 is 29.0 Å². The summed E-state index contributed by atoms with van der Waals surface area (Å²) in [6.45, 7) is 0.621. The van der Waals surface area contributed by atoms with Crippen LogP contribution < -0.4 is 20.7 Å². The van der Waals surface area contributed by atoms with E-state index in [9.17, 15) is 9.59 Å². The van der Waals surface area contributed by atoms with E-state index in [2.05, 4.69) is 37.5 Å². The maximum absolute atomic E-state index is 12.5. The van der Waals surface area contributed by atoms with Crippen molar-refractivity contribution in [1.29, 1.82) is 0 Å². The molecule has 3 N–H and O–H groups in total. The van der Waals surface area contributed by atoms with Crippen molar-refractivity contribution in [2.45, 2.75) is 0 Å². The fourth-order valence-electron chi connectivity index (χ4n) is 2.59. The van der Waals surface area contributed by atoms with Gasteiger partial charge in [-0.25, -0.2) is 4.98 Å². The van der Waals surface area contributed by atoms with Crippen LogP contribution in [0, 0.1) is 0 Å². The van der Waals surface area contributed by atoms with Crippen molar-refractivity contribution in [3.8, 4) is 17.1 Å². The lowest BCUT2D eigenvalue weighted by atomic mass is 10.1. The van der Waals surface area contributed by atoms with Crippen LogP contribution in [0.3, 0.4) is 0 Å². The summed E-state index contributed by atoms with van der Waals surface area (Å²) >= 11 is 0. The van der Waals surface area contributed by atoms with Crippen molar-refractivity contribution in [3.05, 3.63) is 48.9 Å². The standard InChI is InChI=1S/C19H20N8O3/c1-5-15(28)23-14-9-13(16(25-24-14)19(29)20-2)22-12-8-6-7-11(17(12)30-4)18-21-10-27(3)26-18/h5-10H,1H2,2-4H3,(H,20,29)(H2,22,23,24,28)/i2D3. The van der Waals surface area contributed by atoms with Crippen LogP contribution in [0.2, 0.25) is 0 Å². The van der Waals surface area contributed by atoms with Crippen LogP contribution in [-0.2, 0) is 11.8 Å². The summed E-state index contributed by atoms with van der Waals surface area (Å²) in [5, 5.41) is 19.1. The van der Waals surface area contributed by atoms with Crippen molar-refractivity contribution in [3.63, 3.8) is 0 Å². The third-order valence-electron chi connectivity index (χ3n) is 3.89. The van der Waals surface area contributed by atoms with Gasteiger partial charge in [-0.05, 0) is 18.2 Å². The number of nitrogens with zero attached hydrogens (tertiary/aromatic N) is 5. The molecule has 11 heteroatoms. The van der Waals surface area contributed by atoms with Crippen molar-refractivity contribution in [2.24, 2.45) is 7.05 Å². The van der Waals surface area contributed by atoms with E-state index in [4.69, 9.17) is 8.85 Å². The smallest absolute Gasteiger partial charge is 0.273 e. The van der Waals surface area contributed by atoms with Crippen LogP contribution in [0.25, 0.3) is 11.4 Å². The molecule has 0 unspecified atom stereocenters. The molecule has 1 aromatic carbocycles. The largest absolute Gasteiger partial charge is 0.494 e. The Hall–Kier alpha value is -4.28. The van der Waals surface area contributed by atoms with Gasteiger partial charge in [0.1, 0.15) is 6.33 Å². The van der Waals surface area contributed by atoms with Gasteiger partial charge in [0.2, 0.25) is 5.91 Å². The summed E-state index contributed by atoms with van der Waals surface area (Å²) in [7, 11) is 3.18. The molecule has 30 heavy (non-hydrogen) atoms. The number of nitrogens with one attached hydrogen (secondary N) is 3. The summed E-state index contributed by atoms with van der Waals surface area (Å²) in [4.78, 5) is 28.4. The molecule has 0 aliphatic carbocycles. The molecule has 0 aliphatic rings. The molecular formula is C19H20N8O3. The lowest BCUT2D eigenvalue weighted by Gasteiger charge is -2.16. The summed E-state index contributed by atoms with van der Waals surface area (Å²) in [6, 6.07) is 6.46. The van der Waals surface area contributed by atoms with Crippen LogP contribution in [-0.4, -0.2) is 50.9 Å². The number of hydrogen-bond acceptors (Lipinski definition) is 8. The molecule has 2 heterocycles. The first kappa shape index (κ1) is 16.7. The van der Waals surface area contributed by atoms with Crippen LogP contribution in [0.5, 0.6) is 5.75 Å². The lowest BCUT2D eigenvalue weighted by molar-refractivity contribution is -0.111. The molecule has 2 aromatic heterocycles. The Morgan fingerprint density at radius 3 is 2.80 bits per heavy atom. The zero-order chi connectivity index (χ0) is 24.2. The second-order valence-electron chi connectivity index (χ2n) is 5.89. The minimum Gasteiger partial charge on any atom is -0.494 e. The van der Waals surface area contributed by atoms with Gasteiger partial charge in [-0.15, -0.1) is 10.2 Å². The van der Waals surface area contributed by atoms with Crippen molar-refractivity contribution < 1.29 is 18.4 Å². The van der Waals surface area contributed by atoms with Crippen LogP contribution in [0.1, 0.15) is 14.6 Å². The van der Waals surface area contributed by atoms with Gasteiger partial charge in [-0.2, -0.15) is 5.10 Å². The Bertz CT molecular complexity index is 1210. The highest BCUT2D eigenvalue weighted by Gasteiger charge is 2.19. The topological polar surface area (TPSA) is 136 Å². The zero-order valence-electron chi connectivity index (χ0n) is 19.1. The Kier molecular flexibility index (Phi) is 4.89. The van der Waals surface area contributed by atoms with E-state index in [-0.39, 0.29) is 17.2 Å². The van der Waals surface area contributed by atoms with Crippen LogP contribution in [0.4, 0.5) is 17.2 Å². The number of aryl methyl sites for hydroxylation is 1. The first-order chi connectivity index (χ1) is 15.6. The number of rotatable bonds is 7. The van der Waals surface area contributed by atoms with Gasteiger partial charge in [0.05, 0.1) is 24.0 Å². The minimum atomic E-state index is -2.74. The molecule has 2 amide bonds. The molecule has 0 atom stereocenters. The molecular weight excluding hydrogens is 388 g/mol. The van der Waals surface area contributed by atoms with Gasteiger partial charge in [-0.3, -0.25) is 14.3 Å². The number of methoxy groups -OCH3 is 1. The number of amides is 2. The van der Waals surface area contributed by atoms with Crippen molar-refractivity contribution in [2.75, 3.05) is 24.7 Å². The fourth-order valence-corrected chi connectivity index (χ4v) is 2.59. The average molecular weight is 411 g/mol. The molecule has 0 saturated carbocycles. The van der Waals surface area contributed by atoms with Crippen molar-refractivity contribution in [1.82, 2.24) is 30.3 Å². The summed E-state index contributed by atoms with van der Waals surface area (Å²) in [6.07, 6.45) is 2.57. The van der Waals surface area contributed by atoms with Gasteiger partial charge in [0.15, 0.2) is 23.1 Å². The molecule has 0 saturated heterocycles. The molecule has 3 rings (SSSR count). The van der Waals surface area contributed by atoms with Gasteiger partial charge in [-0.1, -0.05) is 12.6 Å². The number of carbonyl (C=O) groups excluding carboxylic acids is 2. The summed E-state index contributed by atoms with van der Waals surface area (Å²) in [5.74, 6) is -0.761. The predicted molar refractivity (Wildman–Crippen MR) is 111 cm³/mol. The molecule has 11 nitrogen and oxygen atoms in total. The Morgan fingerprint density at radius 2 is 2.13 bits per heavy atom. The molecule has 0 bridgehead atoms. The third kappa shape index (κ3) is 4.24. The normalized spacial score (nSPS) is 12.1. The Morgan fingerprint density at radius 1 is 1.30 bits per heavy atom.